The van der Waals surface area contributed by atoms with E-state index in [1.807, 2.05) is 0 Å². The summed E-state index contributed by atoms with van der Waals surface area (Å²) in [6, 6.07) is 5.59. The third kappa shape index (κ3) is 1.79. The summed E-state index contributed by atoms with van der Waals surface area (Å²) in [5.41, 5.74) is 0.410. The first-order valence-corrected chi connectivity index (χ1v) is 3.13. The number of aliphatic hydroxyl groups is 1. The molecule has 0 amide bonds. The van der Waals surface area contributed by atoms with Gasteiger partial charge in [-0.2, -0.15) is 0 Å². The van der Waals surface area contributed by atoms with Crippen LogP contribution < -0.4 is 0 Å². The van der Waals surface area contributed by atoms with E-state index < -0.39 is 11.9 Å². The fraction of sp³-hybridized carbons (Fsp3) is 0.111. The van der Waals surface area contributed by atoms with E-state index in [1.54, 1.807) is 6.07 Å². The maximum atomic E-state index is 12.5. The predicted molar refractivity (Wildman–Crippen MR) is 40.2 cm³/mol. The number of benzene rings is 1. The first kappa shape index (κ1) is 7.77. The number of terminal acetylenes is 1. The van der Waals surface area contributed by atoms with Gasteiger partial charge < -0.3 is 5.11 Å². The van der Waals surface area contributed by atoms with E-state index in [2.05, 4.69) is 5.92 Å². The van der Waals surface area contributed by atoms with E-state index in [-0.39, 0.29) is 0 Å². The maximum Gasteiger partial charge on any atom is 0.140 e. The molecular weight excluding hydrogens is 143 g/mol. The largest absolute Gasteiger partial charge is 0.376 e. The minimum absolute atomic E-state index is 0.392. The van der Waals surface area contributed by atoms with Crippen LogP contribution in [0.2, 0.25) is 0 Å². The lowest BCUT2D eigenvalue weighted by atomic mass is 10.1. The molecule has 0 bridgehead atoms. The van der Waals surface area contributed by atoms with Gasteiger partial charge >= 0.3 is 0 Å². The highest BCUT2D eigenvalue weighted by atomic mass is 19.1. The van der Waals surface area contributed by atoms with Crippen molar-refractivity contribution in [1.29, 1.82) is 0 Å². The molecule has 0 aromatic heterocycles. The van der Waals surface area contributed by atoms with Crippen molar-refractivity contribution < 1.29 is 9.50 Å². The van der Waals surface area contributed by atoms with E-state index in [9.17, 15) is 4.39 Å². The molecule has 1 aromatic carbocycles. The summed E-state index contributed by atoms with van der Waals surface area (Å²) in [4.78, 5) is 0. The van der Waals surface area contributed by atoms with Crippen LogP contribution in [-0.4, -0.2) is 5.11 Å². The summed E-state index contributed by atoms with van der Waals surface area (Å²) in [6.45, 7) is 0. The summed E-state index contributed by atoms with van der Waals surface area (Å²) >= 11 is 0. The van der Waals surface area contributed by atoms with Crippen molar-refractivity contribution in [3.63, 3.8) is 0 Å². The topological polar surface area (TPSA) is 20.2 Å². The van der Waals surface area contributed by atoms with Crippen LogP contribution in [0.4, 0.5) is 4.39 Å². The molecular formula is C9H7FO. The van der Waals surface area contributed by atoms with E-state index in [1.165, 1.54) is 18.2 Å². The second-order valence-electron chi connectivity index (χ2n) is 2.12. The highest BCUT2D eigenvalue weighted by molar-refractivity contribution is 5.23. The van der Waals surface area contributed by atoms with Crippen molar-refractivity contribution in [2.75, 3.05) is 0 Å². The molecule has 0 aliphatic carbocycles. The Bertz CT molecular complexity index is 288. The smallest absolute Gasteiger partial charge is 0.140 e. The van der Waals surface area contributed by atoms with Gasteiger partial charge in [0.1, 0.15) is 11.9 Å². The molecule has 11 heavy (non-hydrogen) atoms. The normalized spacial score (nSPS) is 12.1. The zero-order valence-electron chi connectivity index (χ0n) is 5.79. The Morgan fingerprint density at radius 1 is 1.55 bits per heavy atom. The molecule has 1 aromatic rings. The lowest BCUT2D eigenvalue weighted by molar-refractivity contribution is 0.238. The van der Waals surface area contributed by atoms with Gasteiger partial charge in [0.15, 0.2) is 0 Å². The van der Waals surface area contributed by atoms with Crippen molar-refractivity contribution in [1.82, 2.24) is 0 Å². The van der Waals surface area contributed by atoms with Crippen LogP contribution in [0.5, 0.6) is 0 Å². The lowest BCUT2D eigenvalue weighted by Crippen LogP contribution is -1.92. The predicted octanol–water partition coefficient (Wildman–Crippen LogP) is 1.49. The van der Waals surface area contributed by atoms with Gasteiger partial charge in [-0.3, -0.25) is 0 Å². The molecule has 0 saturated heterocycles. The molecule has 0 heterocycles. The Morgan fingerprint density at radius 3 is 2.82 bits per heavy atom. The summed E-state index contributed by atoms with van der Waals surface area (Å²) in [5, 5.41) is 9.05. The van der Waals surface area contributed by atoms with Gasteiger partial charge in [-0.05, 0) is 17.7 Å². The first-order valence-electron chi connectivity index (χ1n) is 3.13. The van der Waals surface area contributed by atoms with Crippen molar-refractivity contribution in [3.8, 4) is 12.3 Å². The van der Waals surface area contributed by atoms with Crippen molar-refractivity contribution in [3.05, 3.63) is 35.6 Å². The van der Waals surface area contributed by atoms with Crippen LogP contribution in [0.1, 0.15) is 11.7 Å². The fourth-order valence-corrected chi connectivity index (χ4v) is 0.773. The molecule has 1 atom stereocenters. The van der Waals surface area contributed by atoms with Gasteiger partial charge in [0.2, 0.25) is 0 Å². The number of rotatable bonds is 1. The highest BCUT2D eigenvalue weighted by Gasteiger charge is 2.02. The molecule has 0 saturated carbocycles. The number of hydrogen-bond acceptors (Lipinski definition) is 1. The molecule has 2 heteroatoms. The SMILES string of the molecule is C#CC(O)c1cccc(F)c1. The lowest BCUT2D eigenvalue weighted by Gasteiger charge is -2.01. The standard InChI is InChI=1S/C9H7FO/c1-2-9(11)7-4-3-5-8(10)6-7/h1,3-6,9,11H. The van der Waals surface area contributed by atoms with E-state index >= 15 is 0 Å². The Morgan fingerprint density at radius 2 is 2.27 bits per heavy atom. The van der Waals surface area contributed by atoms with E-state index in [0.717, 1.165) is 0 Å². The average molecular weight is 150 g/mol. The Balaban J connectivity index is 2.98. The molecule has 1 N–H and O–H groups in total. The van der Waals surface area contributed by atoms with Gasteiger partial charge in [0.05, 0.1) is 0 Å². The fourth-order valence-electron chi connectivity index (χ4n) is 0.773. The number of hydrogen-bond donors (Lipinski definition) is 1. The van der Waals surface area contributed by atoms with Gasteiger partial charge in [-0.1, -0.05) is 18.1 Å². The van der Waals surface area contributed by atoms with Crippen LogP contribution in [0.25, 0.3) is 0 Å². The van der Waals surface area contributed by atoms with Gasteiger partial charge in [0, 0.05) is 0 Å². The highest BCUT2D eigenvalue weighted by Crippen LogP contribution is 2.12. The minimum Gasteiger partial charge on any atom is -0.376 e. The molecule has 0 aliphatic rings. The molecule has 0 spiro atoms. The second-order valence-corrected chi connectivity index (χ2v) is 2.12. The zero-order valence-corrected chi connectivity index (χ0v) is 5.79. The number of aliphatic hydroxyl groups excluding tert-OH is 1. The van der Waals surface area contributed by atoms with Crippen molar-refractivity contribution in [2.24, 2.45) is 0 Å². The summed E-state index contributed by atoms with van der Waals surface area (Å²) < 4.78 is 12.5. The van der Waals surface area contributed by atoms with Crippen LogP contribution >= 0.6 is 0 Å². The molecule has 56 valence electrons. The first-order chi connectivity index (χ1) is 5.24. The Hall–Kier alpha value is -1.33. The van der Waals surface area contributed by atoms with Gasteiger partial charge in [-0.15, -0.1) is 6.42 Å². The summed E-state index contributed by atoms with van der Waals surface area (Å²) in [7, 11) is 0. The molecule has 1 nitrogen and oxygen atoms in total. The van der Waals surface area contributed by atoms with Gasteiger partial charge in [-0.25, -0.2) is 4.39 Å². The van der Waals surface area contributed by atoms with Gasteiger partial charge in [0.25, 0.3) is 0 Å². The maximum absolute atomic E-state index is 12.5. The Labute approximate surface area is 64.5 Å². The summed E-state index contributed by atoms with van der Waals surface area (Å²) in [5.74, 6) is 1.71. The molecule has 1 unspecified atom stereocenters. The second kappa shape index (κ2) is 3.18. The van der Waals surface area contributed by atoms with Crippen molar-refractivity contribution in [2.45, 2.75) is 6.10 Å². The Kier molecular flexibility index (Phi) is 2.25. The van der Waals surface area contributed by atoms with Crippen LogP contribution in [0.15, 0.2) is 24.3 Å². The molecule has 1 rings (SSSR count). The van der Waals surface area contributed by atoms with Crippen LogP contribution in [0.3, 0.4) is 0 Å². The van der Waals surface area contributed by atoms with Crippen LogP contribution in [-0.2, 0) is 0 Å². The molecule has 0 radical (unpaired) electrons. The third-order valence-electron chi connectivity index (χ3n) is 1.32. The average Bonchev–Trinajstić information content (AvgIpc) is 2.03. The zero-order chi connectivity index (χ0) is 8.27. The third-order valence-corrected chi connectivity index (χ3v) is 1.32. The molecule has 0 fully saturated rings. The minimum atomic E-state index is -1.01. The van der Waals surface area contributed by atoms with E-state index in [0.29, 0.717) is 5.56 Å². The monoisotopic (exact) mass is 150 g/mol. The number of halogens is 1. The van der Waals surface area contributed by atoms with Crippen molar-refractivity contribution >= 4 is 0 Å². The quantitative estimate of drug-likeness (QED) is 0.601. The van der Waals surface area contributed by atoms with Crippen LogP contribution in [0, 0.1) is 18.2 Å². The van der Waals surface area contributed by atoms with E-state index in [4.69, 9.17) is 11.5 Å². The molecule has 0 aliphatic heterocycles. The summed E-state index contributed by atoms with van der Waals surface area (Å²) in [6.07, 6.45) is 3.92.